The van der Waals surface area contributed by atoms with Crippen molar-refractivity contribution in [2.75, 3.05) is 22.1 Å². The molecule has 9 nitrogen and oxygen atoms in total. The molecule has 3 aromatic rings. The summed E-state index contributed by atoms with van der Waals surface area (Å²) in [6.45, 7) is 2.60. The number of anilines is 4. The number of imidazole rings is 1. The minimum atomic E-state index is -1.000. The van der Waals surface area contributed by atoms with Gasteiger partial charge in [-0.2, -0.15) is 0 Å². The van der Waals surface area contributed by atoms with Gasteiger partial charge in [0, 0.05) is 41.8 Å². The fourth-order valence-electron chi connectivity index (χ4n) is 5.14. The van der Waals surface area contributed by atoms with Crippen LogP contribution in [0.4, 0.5) is 27.8 Å². The first-order valence-corrected chi connectivity index (χ1v) is 13.0. The summed E-state index contributed by atoms with van der Waals surface area (Å²) >= 11 is 0. The van der Waals surface area contributed by atoms with Gasteiger partial charge in [-0.15, -0.1) is 0 Å². The number of carbonyl (C=O) groups excluding carboxylic acids is 2. The normalized spacial score (nSPS) is 18.0. The standard InChI is InChI=1S/C28H33N7O2/c1-2-17-35-23-14-7-6-13-22(23)24(19-9-4-3-5-10-19)33-25(26(35)36)34-28(37)32-21-12-8-11-20(18-21)31-27-29-15-16-30-27/h6-8,11-16,18-19,25H,2-5,9-10,17H2,1H3,(H2,29,30,31)(H2,32,34,37)/t25-/m0/s1. The highest BCUT2D eigenvalue weighted by Gasteiger charge is 2.34. The first-order chi connectivity index (χ1) is 18.1. The molecule has 0 spiro atoms. The fraction of sp³-hybridized carbons (Fsp3) is 0.357. The predicted octanol–water partition coefficient (Wildman–Crippen LogP) is 5.43. The van der Waals surface area contributed by atoms with Gasteiger partial charge in [-0.25, -0.2) is 9.78 Å². The lowest BCUT2D eigenvalue weighted by molar-refractivity contribution is -0.120. The third-order valence-corrected chi connectivity index (χ3v) is 6.83. The Kier molecular flexibility index (Phi) is 7.49. The van der Waals surface area contributed by atoms with E-state index in [1.54, 1.807) is 29.4 Å². The molecule has 4 N–H and O–H groups in total. The van der Waals surface area contributed by atoms with Crippen molar-refractivity contribution in [3.8, 4) is 0 Å². The maximum Gasteiger partial charge on any atom is 0.321 e. The van der Waals surface area contributed by atoms with Crippen LogP contribution < -0.4 is 20.9 Å². The number of aromatic nitrogens is 2. The van der Waals surface area contributed by atoms with Crippen LogP contribution in [0.15, 0.2) is 65.9 Å². The molecule has 1 aliphatic carbocycles. The van der Waals surface area contributed by atoms with E-state index in [0.29, 0.717) is 18.2 Å². The van der Waals surface area contributed by atoms with Crippen LogP contribution in [0, 0.1) is 5.92 Å². The molecular weight excluding hydrogens is 466 g/mol. The molecule has 37 heavy (non-hydrogen) atoms. The van der Waals surface area contributed by atoms with Crippen molar-refractivity contribution < 1.29 is 9.59 Å². The second-order valence-electron chi connectivity index (χ2n) is 9.50. The summed E-state index contributed by atoms with van der Waals surface area (Å²) in [6.07, 6.45) is 8.80. The van der Waals surface area contributed by atoms with Gasteiger partial charge >= 0.3 is 6.03 Å². The van der Waals surface area contributed by atoms with E-state index in [1.165, 1.54) is 6.42 Å². The summed E-state index contributed by atoms with van der Waals surface area (Å²) in [5.74, 6) is 0.662. The topological polar surface area (TPSA) is 115 Å². The lowest BCUT2D eigenvalue weighted by Gasteiger charge is -2.26. The molecule has 2 aromatic carbocycles. The van der Waals surface area contributed by atoms with E-state index < -0.39 is 12.2 Å². The Bertz CT molecular complexity index is 1270. The number of aromatic amines is 1. The molecule has 5 rings (SSSR count). The van der Waals surface area contributed by atoms with Crippen LogP contribution in [-0.4, -0.2) is 40.3 Å². The van der Waals surface area contributed by atoms with Crippen molar-refractivity contribution in [2.45, 2.75) is 51.6 Å². The third kappa shape index (κ3) is 5.66. The summed E-state index contributed by atoms with van der Waals surface area (Å²) in [5.41, 5.74) is 4.15. The van der Waals surface area contributed by atoms with E-state index in [-0.39, 0.29) is 11.8 Å². The lowest BCUT2D eigenvalue weighted by atomic mass is 9.83. The monoisotopic (exact) mass is 499 g/mol. The minimum absolute atomic E-state index is 0.219. The maximum atomic E-state index is 13.7. The lowest BCUT2D eigenvalue weighted by Crippen LogP contribution is -2.48. The van der Waals surface area contributed by atoms with Gasteiger partial charge in [0.05, 0.1) is 11.4 Å². The van der Waals surface area contributed by atoms with Gasteiger partial charge in [0.25, 0.3) is 5.91 Å². The van der Waals surface area contributed by atoms with Gasteiger partial charge in [0.15, 0.2) is 0 Å². The van der Waals surface area contributed by atoms with Crippen molar-refractivity contribution in [3.63, 3.8) is 0 Å². The summed E-state index contributed by atoms with van der Waals surface area (Å²) in [6, 6.07) is 14.8. The number of H-pyrrole nitrogens is 1. The number of benzodiazepines with no additional fused rings is 1. The molecule has 9 heteroatoms. The molecule has 192 valence electrons. The van der Waals surface area contributed by atoms with E-state index in [4.69, 9.17) is 4.99 Å². The zero-order chi connectivity index (χ0) is 25.6. The summed E-state index contributed by atoms with van der Waals surface area (Å²) < 4.78 is 0. The van der Waals surface area contributed by atoms with E-state index in [2.05, 4.69) is 32.0 Å². The van der Waals surface area contributed by atoms with Crippen molar-refractivity contribution in [3.05, 3.63) is 66.5 Å². The molecule has 2 heterocycles. The van der Waals surface area contributed by atoms with Crippen LogP contribution in [0.25, 0.3) is 0 Å². The number of hydrogen-bond acceptors (Lipinski definition) is 5. The Morgan fingerprint density at radius 1 is 1.08 bits per heavy atom. The number of hydrogen-bond donors (Lipinski definition) is 4. The van der Waals surface area contributed by atoms with Gasteiger partial charge in [-0.3, -0.25) is 9.79 Å². The zero-order valence-corrected chi connectivity index (χ0v) is 21.0. The Morgan fingerprint density at radius 2 is 1.89 bits per heavy atom. The van der Waals surface area contributed by atoms with Crippen LogP contribution in [0.1, 0.15) is 51.0 Å². The van der Waals surface area contributed by atoms with Crippen LogP contribution in [0.2, 0.25) is 0 Å². The molecule has 2 aliphatic rings. The van der Waals surface area contributed by atoms with E-state index in [1.807, 2.05) is 37.3 Å². The Labute approximate surface area is 216 Å². The van der Waals surface area contributed by atoms with Crippen molar-refractivity contribution in [2.24, 2.45) is 10.9 Å². The average molecular weight is 500 g/mol. The second-order valence-corrected chi connectivity index (χ2v) is 9.50. The van der Waals surface area contributed by atoms with Gasteiger partial charge in [-0.05, 0) is 43.5 Å². The van der Waals surface area contributed by atoms with Crippen molar-refractivity contribution in [1.82, 2.24) is 15.3 Å². The summed E-state index contributed by atoms with van der Waals surface area (Å²) in [7, 11) is 0. The highest BCUT2D eigenvalue weighted by atomic mass is 16.2. The molecule has 1 aromatic heterocycles. The molecule has 0 saturated heterocycles. The average Bonchev–Trinajstić information content (AvgIpc) is 3.39. The summed E-state index contributed by atoms with van der Waals surface area (Å²) in [5, 5.41) is 8.84. The molecule has 3 amide bonds. The quantitative estimate of drug-likeness (QED) is 0.347. The minimum Gasteiger partial charge on any atom is -0.331 e. The number of para-hydroxylation sites is 1. The molecule has 0 unspecified atom stereocenters. The number of aliphatic imine (C=N–C) groups is 1. The molecular formula is C28H33N7O2. The number of carbonyl (C=O) groups is 2. The highest BCUT2D eigenvalue weighted by Crippen LogP contribution is 2.34. The van der Waals surface area contributed by atoms with Crippen LogP contribution in [0.3, 0.4) is 0 Å². The van der Waals surface area contributed by atoms with Gasteiger partial charge < -0.3 is 25.8 Å². The number of nitrogens with zero attached hydrogens (tertiary/aromatic N) is 3. The Morgan fingerprint density at radius 3 is 2.68 bits per heavy atom. The number of nitrogens with one attached hydrogen (secondary N) is 4. The number of amides is 3. The molecule has 0 radical (unpaired) electrons. The summed E-state index contributed by atoms with van der Waals surface area (Å²) in [4.78, 5) is 40.6. The molecule has 0 bridgehead atoms. The molecule has 1 fully saturated rings. The van der Waals surface area contributed by atoms with Gasteiger partial charge in [-0.1, -0.05) is 50.5 Å². The fourth-order valence-corrected chi connectivity index (χ4v) is 5.14. The van der Waals surface area contributed by atoms with E-state index in [9.17, 15) is 9.59 Å². The predicted molar refractivity (Wildman–Crippen MR) is 146 cm³/mol. The van der Waals surface area contributed by atoms with Crippen molar-refractivity contribution in [1.29, 1.82) is 0 Å². The van der Waals surface area contributed by atoms with Gasteiger partial charge in [0.2, 0.25) is 12.1 Å². The number of urea groups is 1. The Hall–Kier alpha value is -4.14. The number of benzene rings is 2. The molecule has 1 atom stereocenters. The molecule has 1 saturated carbocycles. The number of rotatable bonds is 7. The zero-order valence-electron chi connectivity index (χ0n) is 21.0. The largest absolute Gasteiger partial charge is 0.331 e. The smallest absolute Gasteiger partial charge is 0.321 e. The van der Waals surface area contributed by atoms with E-state index in [0.717, 1.165) is 54.8 Å². The number of fused-ring (bicyclic) bond motifs is 1. The van der Waals surface area contributed by atoms with E-state index >= 15 is 0 Å². The first kappa shape index (κ1) is 24.5. The van der Waals surface area contributed by atoms with Crippen LogP contribution in [-0.2, 0) is 4.79 Å². The first-order valence-electron chi connectivity index (χ1n) is 13.0. The van der Waals surface area contributed by atoms with Crippen LogP contribution in [0.5, 0.6) is 0 Å². The van der Waals surface area contributed by atoms with Crippen LogP contribution >= 0.6 is 0 Å². The highest BCUT2D eigenvalue weighted by molar-refractivity contribution is 6.14. The third-order valence-electron chi connectivity index (χ3n) is 6.83. The maximum absolute atomic E-state index is 13.7. The van der Waals surface area contributed by atoms with Crippen molar-refractivity contribution >= 4 is 40.7 Å². The second kappa shape index (κ2) is 11.3. The van der Waals surface area contributed by atoms with Gasteiger partial charge in [0.1, 0.15) is 0 Å². The Balaban J connectivity index is 1.39. The SMILES string of the molecule is CCCN1C(=O)[C@H](NC(=O)Nc2cccc(Nc3ncc[nH]3)c2)N=C(C2CCCCC2)c2ccccc21. The molecule has 1 aliphatic heterocycles.